The number of hydrogen-bond donors (Lipinski definition) is 2. The number of aromatic amines is 1. The number of nitrogen functional groups attached to an aromatic ring is 1. The van der Waals surface area contributed by atoms with E-state index >= 15 is 0 Å². The zero-order valence-corrected chi connectivity index (χ0v) is 12.4. The Bertz CT molecular complexity index is 1100. The third-order valence-corrected chi connectivity index (χ3v) is 3.76. The van der Waals surface area contributed by atoms with E-state index in [1.807, 2.05) is 18.2 Å². The highest BCUT2D eigenvalue weighted by Crippen LogP contribution is 2.29. The van der Waals surface area contributed by atoms with Crippen molar-refractivity contribution in [3.8, 4) is 16.9 Å². The van der Waals surface area contributed by atoms with Crippen molar-refractivity contribution in [2.24, 2.45) is 0 Å². The van der Waals surface area contributed by atoms with Gasteiger partial charge in [0.15, 0.2) is 0 Å². The molecule has 4 aromatic rings. The van der Waals surface area contributed by atoms with Crippen LogP contribution in [0.2, 0.25) is 0 Å². The fourth-order valence-corrected chi connectivity index (χ4v) is 2.62. The molecule has 0 radical (unpaired) electrons. The first-order valence-corrected chi connectivity index (χ1v) is 7.12. The van der Waals surface area contributed by atoms with Gasteiger partial charge >= 0.3 is 0 Å². The molecule has 3 N–H and O–H groups in total. The van der Waals surface area contributed by atoms with Gasteiger partial charge in [-0.05, 0) is 24.3 Å². The molecule has 2 heterocycles. The molecule has 0 saturated heterocycles. The van der Waals surface area contributed by atoms with E-state index in [2.05, 4.69) is 20.1 Å². The minimum Gasteiger partial charge on any atom is -0.382 e. The molecule has 116 valence electrons. The van der Waals surface area contributed by atoms with Crippen LogP contribution in [0, 0.1) is 12.4 Å². The Morgan fingerprint density at radius 2 is 2.04 bits per heavy atom. The largest absolute Gasteiger partial charge is 0.382 e. The van der Waals surface area contributed by atoms with Crippen LogP contribution in [0.5, 0.6) is 0 Å². The van der Waals surface area contributed by atoms with Crippen LogP contribution in [0.3, 0.4) is 0 Å². The fraction of sp³-hybridized carbons (Fsp3) is 0. The molecule has 0 bridgehead atoms. The van der Waals surface area contributed by atoms with E-state index in [1.165, 1.54) is 12.1 Å². The predicted molar refractivity (Wildman–Crippen MR) is 89.3 cm³/mol. The SMILES string of the molecule is [C-]#[N+]c1ccc(-c2cc(N)nn2-c2ccc3[nH]ncc3c2)cc1F. The maximum Gasteiger partial charge on any atom is 0.222 e. The smallest absolute Gasteiger partial charge is 0.222 e. The molecule has 0 amide bonds. The molecule has 0 saturated carbocycles. The summed E-state index contributed by atoms with van der Waals surface area (Å²) in [6, 6.07) is 11.8. The Morgan fingerprint density at radius 1 is 1.17 bits per heavy atom. The van der Waals surface area contributed by atoms with Gasteiger partial charge in [-0.1, -0.05) is 12.1 Å². The summed E-state index contributed by atoms with van der Waals surface area (Å²) in [6.45, 7) is 6.94. The van der Waals surface area contributed by atoms with E-state index in [4.69, 9.17) is 12.3 Å². The number of nitrogens with two attached hydrogens (primary N) is 1. The highest BCUT2D eigenvalue weighted by atomic mass is 19.1. The highest BCUT2D eigenvalue weighted by Gasteiger charge is 2.13. The predicted octanol–water partition coefficient (Wildman–Crippen LogP) is 3.69. The van der Waals surface area contributed by atoms with Gasteiger partial charge in [-0.2, -0.15) is 10.2 Å². The summed E-state index contributed by atoms with van der Waals surface area (Å²) in [7, 11) is 0. The van der Waals surface area contributed by atoms with Gasteiger partial charge in [0.25, 0.3) is 0 Å². The van der Waals surface area contributed by atoms with Gasteiger partial charge in [0, 0.05) is 17.0 Å². The van der Waals surface area contributed by atoms with E-state index in [-0.39, 0.29) is 5.69 Å². The zero-order valence-electron chi connectivity index (χ0n) is 12.4. The number of fused-ring (bicyclic) bond motifs is 1. The van der Waals surface area contributed by atoms with E-state index in [0.717, 1.165) is 16.6 Å². The number of aromatic nitrogens is 4. The standard InChI is InChI=1S/C17H11FN6/c1-20-15-4-2-10(7-13(15)18)16-8-17(19)23-24(16)12-3-5-14-11(6-12)9-21-22-14/h2-9H,(H2,19,23)(H,21,22). The Balaban J connectivity index is 1.89. The molecule has 4 rings (SSSR count). The molecule has 0 aliphatic heterocycles. The lowest BCUT2D eigenvalue weighted by Crippen LogP contribution is -2.00. The van der Waals surface area contributed by atoms with Gasteiger partial charge in [0.05, 0.1) is 29.7 Å². The molecule has 2 aromatic carbocycles. The van der Waals surface area contributed by atoms with Gasteiger partial charge in [-0.15, -0.1) is 0 Å². The van der Waals surface area contributed by atoms with Crippen LogP contribution in [0.1, 0.15) is 0 Å². The van der Waals surface area contributed by atoms with Gasteiger partial charge in [-0.3, -0.25) is 5.10 Å². The van der Waals surface area contributed by atoms with Crippen molar-refractivity contribution in [2.75, 3.05) is 5.73 Å². The van der Waals surface area contributed by atoms with Crippen molar-refractivity contribution < 1.29 is 4.39 Å². The molecular formula is C17H11FN6. The molecule has 7 heteroatoms. The third kappa shape index (κ3) is 2.18. The van der Waals surface area contributed by atoms with Crippen LogP contribution in [-0.4, -0.2) is 20.0 Å². The summed E-state index contributed by atoms with van der Waals surface area (Å²) in [6.07, 6.45) is 1.72. The average Bonchev–Trinajstić information content (AvgIpc) is 3.20. The lowest BCUT2D eigenvalue weighted by molar-refractivity contribution is 0.634. The number of H-pyrrole nitrogens is 1. The quantitative estimate of drug-likeness (QED) is 0.553. The highest BCUT2D eigenvalue weighted by molar-refractivity contribution is 5.80. The Kier molecular flexibility index (Phi) is 3.03. The second-order valence-electron chi connectivity index (χ2n) is 5.29. The van der Waals surface area contributed by atoms with Crippen molar-refractivity contribution in [1.29, 1.82) is 0 Å². The van der Waals surface area contributed by atoms with E-state index in [9.17, 15) is 4.39 Å². The van der Waals surface area contributed by atoms with Crippen LogP contribution in [-0.2, 0) is 0 Å². The first-order valence-electron chi connectivity index (χ1n) is 7.12. The number of rotatable bonds is 2. The third-order valence-electron chi connectivity index (χ3n) is 3.76. The molecule has 2 aromatic heterocycles. The first-order chi connectivity index (χ1) is 11.7. The summed E-state index contributed by atoms with van der Waals surface area (Å²) in [5.74, 6) is -0.244. The van der Waals surface area contributed by atoms with E-state index < -0.39 is 5.82 Å². The summed E-state index contributed by atoms with van der Waals surface area (Å²) >= 11 is 0. The lowest BCUT2D eigenvalue weighted by atomic mass is 10.1. The molecule has 6 nitrogen and oxygen atoms in total. The minimum absolute atomic E-state index is 0.0161. The number of anilines is 1. The average molecular weight is 318 g/mol. The van der Waals surface area contributed by atoms with Crippen LogP contribution in [0.15, 0.2) is 48.7 Å². The fourth-order valence-electron chi connectivity index (χ4n) is 2.62. The summed E-state index contributed by atoms with van der Waals surface area (Å²) < 4.78 is 15.6. The topological polar surface area (TPSA) is 76.9 Å². The summed E-state index contributed by atoms with van der Waals surface area (Å²) in [5, 5.41) is 12.1. The molecule has 0 atom stereocenters. The van der Waals surface area contributed by atoms with Crippen molar-refractivity contribution in [2.45, 2.75) is 0 Å². The van der Waals surface area contributed by atoms with E-state index in [0.29, 0.717) is 17.1 Å². The van der Waals surface area contributed by atoms with Gasteiger partial charge in [0.1, 0.15) is 11.6 Å². The number of benzene rings is 2. The van der Waals surface area contributed by atoms with Crippen molar-refractivity contribution in [3.05, 3.63) is 65.9 Å². The normalized spacial score (nSPS) is 10.8. The molecule has 0 aliphatic rings. The van der Waals surface area contributed by atoms with Gasteiger partial charge in [-0.25, -0.2) is 13.9 Å². The Hall–Kier alpha value is -3.66. The molecule has 0 aliphatic carbocycles. The zero-order chi connectivity index (χ0) is 16.7. The minimum atomic E-state index is -0.570. The maximum absolute atomic E-state index is 14.0. The van der Waals surface area contributed by atoms with Crippen LogP contribution >= 0.6 is 0 Å². The van der Waals surface area contributed by atoms with Crippen molar-refractivity contribution >= 4 is 22.4 Å². The maximum atomic E-state index is 14.0. The molecule has 24 heavy (non-hydrogen) atoms. The number of nitrogens with zero attached hydrogens (tertiary/aromatic N) is 4. The van der Waals surface area contributed by atoms with Gasteiger partial charge in [0.2, 0.25) is 5.69 Å². The summed E-state index contributed by atoms with van der Waals surface area (Å²) in [4.78, 5) is 3.14. The number of nitrogens with one attached hydrogen (secondary N) is 1. The number of hydrogen-bond acceptors (Lipinski definition) is 3. The second kappa shape index (κ2) is 5.21. The van der Waals surface area contributed by atoms with Gasteiger partial charge < -0.3 is 5.73 Å². The second-order valence-corrected chi connectivity index (χ2v) is 5.29. The Morgan fingerprint density at radius 3 is 2.83 bits per heavy atom. The van der Waals surface area contributed by atoms with E-state index in [1.54, 1.807) is 23.0 Å². The van der Waals surface area contributed by atoms with Crippen molar-refractivity contribution in [1.82, 2.24) is 20.0 Å². The Labute approximate surface area is 136 Å². The lowest BCUT2D eigenvalue weighted by Gasteiger charge is -2.08. The van der Waals surface area contributed by atoms with Crippen LogP contribution in [0.25, 0.3) is 32.7 Å². The number of halogens is 1. The van der Waals surface area contributed by atoms with Crippen LogP contribution in [0.4, 0.5) is 15.9 Å². The molecule has 0 fully saturated rings. The summed E-state index contributed by atoms with van der Waals surface area (Å²) in [5.41, 5.74) is 8.76. The molecule has 0 unspecified atom stereocenters. The first kappa shape index (κ1) is 14.0. The van der Waals surface area contributed by atoms with Crippen LogP contribution < -0.4 is 5.73 Å². The molecule has 0 spiro atoms. The van der Waals surface area contributed by atoms with Crippen molar-refractivity contribution in [3.63, 3.8) is 0 Å². The molecular weight excluding hydrogens is 307 g/mol. The monoisotopic (exact) mass is 318 g/mol.